The zero-order valence-corrected chi connectivity index (χ0v) is 13.9. The van der Waals surface area contributed by atoms with E-state index in [1.165, 1.54) is 11.3 Å². The minimum atomic E-state index is 0.666. The lowest BCUT2D eigenvalue weighted by Crippen LogP contribution is -2.21. The molecule has 20 heavy (non-hydrogen) atoms. The highest BCUT2D eigenvalue weighted by molar-refractivity contribution is 9.10. The first-order valence-electron chi connectivity index (χ1n) is 7.02. The van der Waals surface area contributed by atoms with Gasteiger partial charge in [-0.05, 0) is 37.1 Å². The number of imidazole rings is 1. The molecule has 0 aliphatic rings. The Bertz CT molecular complexity index is 543. The summed E-state index contributed by atoms with van der Waals surface area (Å²) in [5.41, 5.74) is 2.53. The predicted molar refractivity (Wildman–Crippen MR) is 86.8 cm³/mol. The van der Waals surface area contributed by atoms with E-state index < -0.39 is 0 Å². The van der Waals surface area contributed by atoms with Gasteiger partial charge in [-0.3, -0.25) is 0 Å². The van der Waals surface area contributed by atoms with Crippen molar-refractivity contribution in [3.8, 4) is 0 Å². The van der Waals surface area contributed by atoms with Crippen molar-refractivity contribution >= 4 is 15.9 Å². The molecule has 4 heteroatoms. The van der Waals surface area contributed by atoms with Crippen LogP contribution in [0, 0.1) is 12.8 Å². The average molecular weight is 336 g/mol. The predicted octanol–water partition coefficient (Wildman–Crippen LogP) is 3.75. The van der Waals surface area contributed by atoms with Crippen LogP contribution >= 0.6 is 15.9 Å². The molecule has 0 bridgehead atoms. The molecule has 0 radical (unpaired) electrons. The van der Waals surface area contributed by atoms with E-state index in [4.69, 9.17) is 0 Å². The third-order valence-electron chi connectivity index (χ3n) is 3.25. The molecule has 0 fully saturated rings. The van der Waals surface area contributed by atoms with Crippen molar-refractivity contribution in [2.75, 3.05) is 6.54 Å². The highest BCUT2D eigenvalue weighted by Crippen LogP contribution is 2.14. The molecular formula is C16H22BrN3. The molecule has 0 aliphatic carbocycles. The Morgan fingerprint density at radius 2 is 1.95 bits per heavy atom. The van der Waals surface area contributed by atoms with E-state index in [1.54, 1.807) is 0 Å². The highest BCUT2D eigenvalue weighted by Gasteiger charge is 2.07. The smallest absolute Gasteiger partial charge is 0.106 e. The largest absolute Gasteiger partial charge is 0.327 e. The molecule has 0 saturated heterocycles. The second kappa shape index (κ2) is 7.04. The van der Waals surface area contributed by atoms with Crippen LogP contribution in [0.3, 0.4) is 0 Å². The number of nitrogens with zero attached hydrogens (tertiary/aromatic N) is 2. The van der Waals surface area contributed by atoms with Gasteiger partial charge in [-0.2, -0.15) is 0 Å². The van der Waals surface area contributed by atoms with Gasteiger partial charge in [0, 0.05) is 23.8 Å². The van der Waals surface area contributed by atoms with Crippen molar-refractivity contribution in [3.05, 3.63) is 52.0 Å². The summed E-state index contributed by atoms with van der Waals surface area (Å²) in [5, 5.41) is 3.48. The molecule has 0 atom stereocenters. The summed E-state index contributed by atoms with van der Waals surface area (Å²) in [6.07, 6.45) is 1.97. The van der Waals surface area contributed by atoms with E-state index in [2.05, 4.69) is 75.8 Å². The molecule has 1 heterocycles. The fraction of sp³-hybridized carbons (Fsp3) is 0.438. The van der Waals surface area contributed by atoms with E-state index in [9.17, 15) is 0 Å². The van der Waals surface area contributed by atoms with E-state index >= 15 is 0 Å². The van der Waals surface area contributed by atoms with Crippen LogP contribution in [-0.2, 0) is 13.1 Å². The van der Waals surface area contributed by atoms with Crippen LogP contribution in [0.15, 0.2) is 34.9 Å². The number of hydrogen-bond acceptors (Lipinski definition) is 2. The first-order valence-corrected chi connectivity index (χ1v) is 7.81. The van der Waals surface area contributed by atoms with Gasteiger partial charge in [0.1, 0.15) is 5.82 Å². The highest BCUT2D eigenvalue weighted by atomic mass is 79.9. The molecule has 108 valence electrons. The van der Waals surface area contributed by atoms with Gasteiger partial charge in [0.05, 0.1) is 5.69 Å². The van der Waals surface area contributed by atoms with Gasteiger partial charge in [0.2, 0.25) is 0 Å². The lowest BCUT2D eigenvalue weighted by atomic mass is 10.2. The molecule has 1 aromatic heterocycles. The number of aryl methyl sites for hydroxylation is 1. The fourth-order valence-corrected chi connectivity index (χ4v) is 2.40. The van der Waals surface area contributed by atoms with E-state index in [0.29, 0.717) is 5.92 Å². The summed E-state index contributed by atoms with van der Waals surface area (Å²) in [4.78, 5) is 4.44. The van der Waals surface area contributed by atoms with E-state index in [-0.39, 0.29) is 0 Å². The molecule has 0 unspecified atom stereocenters. The molecule has 3 nitrogen and oxygen atoms in total. The Kier molecular flexibility index (Phi) is 5.38. The SMILES string of the molecule is Cc1ncc(CNCC(C)C)n1Cc1ccc(Br)cc1. The first-order chi connectivity index (χ1) is 9.56. The third kappa shape index (κ3) is 4.18. The summed E-state index contributed by atoms with van der Waals surface area (Å²) < 4.78 is 3.39. The van der Waals surface area contributed by atoms with Crippen LogP contribution in [-0.4, -0.2) is 16.1 Å². The normalized spacial score (nSPS) is 11.2. The Morgan fingerprint density at radius 1 is 1.25 bits per heavy atom. The topological polar surface area (TPSA) is 29.9 Å². The third-order valence-corrected chi connectivity index (χ3v) is 3.78. The molecule has 0 saturated carbocycles. The van der Waals surface area contributed by atoms with Crippen molar-refractivity contribution in [2.24, 2.45) is 5.92 Å². The van der Waals surface area contributed by atoms with Crippen LogP contribution in [0.1, 0.15) is 30.9 Å². The number of benzene rings is 1. The van der Waals surface area contributed by atoms with Crippen LogP contribution in [0.25, 0.3) is 0 Å². The summed E-state index contributed by atoms with van der Waals surface area (Å²) in [6, 6.07) is 8.46. The maximum absolute atomic E-state index is 4.44. The fourth-order valence-electron chi connectivity index (χ4n) is 2.13. The Labute approximate surface area is 129 Å². The minimum absolute atomic E-state index is 0.666. The zero-order chi connectivity index (χ0) is 14.5. The molecule has 1 aromatic carbocycles. The summed E-state index contributed by atoms with van der Waals surface area (Å²) in [5.74, 6) is 1.73. The van der Waals surface area contributed by atoms with Crippen molar-refractivity contribution in [3.63, 3.8) is 0 Å². The number of aromatic nitrogens is 2. The molecule has 0 spiro atoms. The first kappa shape index (κ1) is 15.3. The number of nitrogens with one attached hydrogen (secondary N) is 1. The molecule has 2 aromatic rings. The molecule has 2 rings (SSSR count). The molecule has 0 amide bonds. The molecule has 0 aliphatic heterocycles. The van der Waals surface area contributed by atoms with Crippen molar-refractivity contribution in [1.29, 1.82) is 0 Å². The van der Waals surface area contributed by atoms with Crippen molar-refractivity contribution in [2.45, 2.75) is 33.9 Å². The van der Waals surface area contributed by atoms with Gasteiger partial charge in [-0.1, -0.05) is 41.9 Å². The zero-order valence-electron chi connectivity index (χ0n) is 12.4. The van der Waals surface area contributed by atoms with E-state index in [0.717, 1.165) is 29.9 Å². The van der Waals surface area contributed by atoms with Crippen LogP contribution in [0.2, 0.25) is 0 Å². The second-order valence-electron chi connectivity index (χ2n) is 5.53. The Balaban J connectivity index is 2.06. The summed E-state index contributed by atoms with van der Waals surface area (Å²) >= 11 is 3.47. The Morgan fingerprint density at radius 3 is 2.60 bits per heavy atom. The van der Waals surface area contributed by atoms with Crippen LogP contribution in [0.4, 0.5) is 0 Å². The van der Waals surface area contributed by atoms with Gasteiger partial charge in [-0.15, -0.1) is 0 Å². The quantitative estimate of drug-likeness (QED) is 0.871. The maximum Gasteiger partial charge on any atom is 0.106 e. The number of hydrogen-bond donors (Lipinski definition) is 1. The van der Waals surface area contributed by atoms with Crippen molar-refractivity contribution < 1.29 is 0 Å². The van der Waals surface area contributed by atoms with Crippen molar-refractivity contribution in [1.82, 2.24) is 14.9 Å². The second-order valence-corrected chi connectivity index (χ2v) is 6.45. The standard InChI is InChI=1S/C16H22BrN3/c1-12(2)8-18-9-16-10-19-13(3)20(16)11-14-4-6-15(17)7-5-14/h4-7,10,12,18H,8-9,11H2,1-3H3. The average Bonchev–Trinajstić information content (AvgIpc) is 2.74. The van der Waals surface area contributed by atoms with Gasteiger partial charge < -0.3 is 9.88 Å². The van der Waals surface area contributed by atoms with Crippen LogP contribution < -0.4 is 5.32 Å². The molecular weight excluding hydrogens is 314 g/mol. The lowest BCUT2D eigenvalue weighted by Gasteiger charge is -2.12. The van der Waals surface area contributed by atoms with E-state index in [1.807, 2.05) is 6.20 Å². The number of halogens is 1. The van der Waals surface area contributed by atoms with Gasteiger partial charge >= 0.3 is 0 Å². The number of rotatable bonds is 6. The van der Waals surface area contributed by atoms with Gasteiger partial charge in [0.15, 0.2) is 0 Å². The Hall–Kier alpha value is -1.13. The van der Waals surface area contributed by atoms with Gasteiger partial charge in [0.25, 0.3) is 0 Å². The van der Waals surface area contributed by atoms with Crippen LogP contribution in [0.5, 0.6) is 0 Å². The minimum Gasteiger partial charge on any atom is -0.327 e. The summed E-state index contributed by atoms with van der Waals surface area (Å²) in [7, 11) is 0. The monoisotopic (exact) mass is 335 g/mol. The molecule has 1 N–H and O–H groups in total. The van der Waals surface area contributed by atoms with Gasteiger partial charge in [-0.25, -0.2) is 4.98 Å². The summed E-state index contributed by atoms with van der Waals surface area (Å²) in [6.45, 7) is 9.27. The lowest BCUT2D eigenvalue weighted by molar-refractivity contribution is 0.537. The maximum atomic E-state index is 4.44.